The molecule has 2 saturated heterocycles. The van der Waals surface area contributed by atoms with Crippen molar-refractivity contribution < 1.29 is 9.18 Å². The van der Waals surface area contributed by atoms with E-state index in [4.69, 9.17) is 11.6 Å². The Morgan fingerprint density at radius 3 is 2.64 bits per heavy atom. The van der Waals surface area contributed by atoms with Crippen LogP contribution in [0, 0.1) is 5.82 Å². The van der Waals surface area contributed by atoms with E-state index in [0.29, 0.717) is 6.04 Å². The number of benzene rings is 1. The number of amides is 2. The van der Waals surface area contributed by atoms with Crippen LogP contribution >= 0.6 is 11.6 Å². The van der Waals surface area contributed by atoms with Crippen LogP contribution in [0.3, 0.4) is 0 Å². The largest absolute Gasteiger partial charge is 0.336 e. The van der Waals surface area contributed by atoms with E-state index in [1.54, 1.807) is 12.1 Å². The third-order valence-electron chi connectivity index (χ3n) is 4.80. The van der Waals surface area contributed by atoms with Gasteiger partial charge in [-0.25, -0.2) is 9.18 Å². The summed E-state index contributed by atoms with van der Waals surface area (Å²) in [6, 6.07) is 5.54. The van der Waals surface area contributed by atoms with E-state index in [1.165, 1.54) is 6.07 Å². The molecule has 2 amide bonds. The highest BCUT2D eigenvalue weighted by molar-refractivity contribution is 6.30. The lowest BCUT2D eigenvalue weighted by atomic mass is 9.99. The second-order valence-corrected chi connectivity index (χ2v) is 6.45. The summed E-state index contributed by atoms with van der Waals surface area (Å²) in [4.78, 5) is 16.1. The fraction of sp³-hybridized carbons (Fsp3) is 0.562. The Hall–Kier alpha value is -1.33. The van der Waals surface area contributed by atoms with E-state index < -0.39 is 0 Å². The van der Waals surface area contributed by atoms with Gasteiger partial charge in [-0.05, 0) is 37.5 Å². The minimum atomic E-state index is -0.378. The molecule has 2 aliphatic rings. The Labute approximate surface area is 135 Å². The third-order valence-corrected chi connectivity index (χ3v) is 5.09. The average Bonchev–Trinajstić information content (AvgIpc) is 2.95. The molecule has 2 aliphatic heterocycles. The number of urea groups is 1. The number of nitrogens with zero attached hydrogens (tertiary/aromatic N) is 2. The Balaban J connectivity index is 1.60. The molecule has 0 aliphatic carbocycles. The van der Waals surface area contributed by atoms with Gasteiger partial charge in [0, 0.05) is 38.3 Å². The summed E-state index contributed by atoms with van der Waals surface area (Å²) in [5, 5.41) is 3.04. The van der Waals surface area contributed by atoms with Gasteiger partial charge in [0.25, 0.3) is 0 Å². The summed E-state index contributed by atoms with van der Waals surface area (Å²) in [6.07, 6.45) is 1.96. The molecular weight excluding hydrogens is 305 g/mol. The predicted octanol–water partition coefficient (Wildman–Crippen LogP) is 3.03. The average molecular weight is 326 g/mol. The minimum Gasteiger partial charge on any atom is -0.336 e. The molecule has 1 N–H and O–H groups in total. The van der Waals surface area contributed by atoms with Gasteiger partial charge in [0.1, 0.15) is 5.82 Å². The van der Waals surface area contributed by atoms with Gasteiger partial charge in [0.15, 0.2) is 0 Å². The van der Waals surface area contributed by atoms with Gasteiger partial charge in [-0.15, -0.1) is 0 Å². The number of nitrogens with one attached hydrogen (secondary N) is 1. The van der Waals surface area contributed by atoms with E-state index in [1.807, 2.05) is 4.90 Å². The van der Waals surface area contributed by atoms with Crippen LogP contribution in [-0.2, 0) is 0 Å². The zero-order chi connectivity index (χ0) is 15.7. The highest BCUT2D eigenvalue weighted by atomic mass is 35.5. The van der Waals surface area contributed by atoms with Crippen molar-refractivity contribution in [2.45, 2.75) is 31.8 Å². The first-order chi connectivity index (χ1) is 10.6. The second kappa shape index (κ2) is 6.42. The molecule has 0 radical (unpaired) electrons. The molecular formula is C16H21ClFN3O. The molecule has 2 fully saturated rings. The van der Waals surface area contributed by atoms with E-state index in [-0.39, 0.29) is 22.9 Å². The van der Waals surface area contributed by atoms with Crippen molar-refractivity contribution >= 4 is 17.6 Å². The Kier molecular flexibility index (Phi) is 4.54. The van der Waals surface area contributed by atoms with Crippen molar-refractivity contribution in [3.8, 4) is 0 Å². The lowest BCUT2D eigenvalue weighted by molar-refractivity contribution is 0.111. The van der Waals surface area contributed by atoms with E-state index in [0.717, 1.165) is 44.6 Å². The molecule has 2 heterocycles. The first kappa shape index (κ1) is 15.6. The molecule has 0 unspecified atom stereocenters. The molecule has 1 aromatic carbocycles. The number of hydrogen-bond donors (Lipinski definition) is 1. The van der Waals surface area contributed by atoms with Crippen molar-refractivity contribution in [3.05, 3.63) is 34.6 Å². The van der Waals surface area contributed by atoms with Crippen LogP contribution in [0.2, 0.25) is 5.02 Å². The first-order valence-corrected chi connectivity index (χ1v) is 8.17. The number of likely N-dealkylation sites (tertiary alicyclic amines) is 1. The molecule has 120 valence electrons. The maximum absolute atomic E-state index is 13.3. The molecule has 0 saturated carbocycles. The summed E-state index contributed by atoms with van der Waals surface area (Å²) < 4.78 is 13.3. The van der Waals surface area contributed by atoms with Crippen LogP contribution in [0.5, 0.6) is 0 Å². The topological polar surface area (TPSA) is 35.6 Å². The fourth-order valence-corrected chi connectivity index (χ4v) is 3.59. The number of carbonyl (C=O) groups is 1. The van der Waals surface area contributed by atoms with Crippen molar-refractivity contribution in [3.63, 3.8) is 0 Å². The summed E-state index contributed by atoms with van der Waals surface area (Å²) in [7, 11) is 0. The first-order valence-electron chi connectivity index (χ1n) is 7.79. The van der Waals surface area contributed by atoms with Crippen molar-refractivity contribution in [1.29, 1.82) is 0 Å². The number of rotatable bonds is 3. The highest BCUT2D eigenvalue weighted by Gasteiger charge is 2.32. The monoisotopic (exact) mass is 325 g/mol. The van der Waals surface area contributed by atoms with Gasteiger partial charge < -0.3 is 10.2 Å². The molecule has 0 bridgehead atoms. The molecule has 0 spiro atoms. The molecule has 0 aromatic heterocycles. The summed E-state index contributed by atoms with van der Waals surface area (Å²) in [5.41, 5.74) is 1.03. The van der Waals surface area contributed by atoms with Gasteiger partial charge in [0.05, 0.1) is 5.02 Å². The zero-order valence-electron chi connectivity index (χ0n) is 12.7. The highest BCUT2D eigenvalue weighted by Crippen LogP contribution is 2.28. The SMILES string of the molecule is C[C@@H](c1ccc(F)c(Cl)c1)N1CCC(N2CCNC2=O)CC1. The Bertz CT molecular complexity index is 560. The Morgan fingerprint density at radius 2 is 2.05 bits per heavy atom. The molecule has 4 nitrogen and oxygen atoms in total. The molecule has 3 rings (SSSR count). The number of halogens is 2. The van der Waals surface area contributed by atoms with Crippen molar-refractivity contribution in [2.75, 3.05) is 26.2 Å². The van der Waals surface area contributed by atoms with Gasteiger partial charge >= 0.3 is 6.03 Å². The quantitative estimate of drug-likeness (QED) is 0.927. The predicted molar refractivity (Wildman–Crippen MR) is 84.5 cm³/mol. The molecule has 1 atom stereocenters. The van der Waals surface area contributed by atoms with Gasteiger partial charge in [-0.2, -0.15) is 0 Å². The van der Waals surface area contributed by atoms with Crippen LogP contribution in [-0.4, -0.2) is 48.1 Å². The zero-order valence-corrected chi connectivity index (χ0v) is 13.4. The number of carbonyl (C=O) groups excluding carboxylic acids is 1. The molecule has 6 heteroatoms. The van der Waals surface area contributed by atoms with E-state index in [9.17, 15) is 9.18 Å². The third kappa shape index (κ3) is 3.06. The standard InChI is InChI=1S/C16H21ClFN3O/c1-11(12-2-3-15(18)14(17)10-12)20-7-4-13(5-8-20)21-9-6-19-16(21)22/h2-3,10-11,13H,4-9H2,1H3,(H,19,22)/t11-/m0/s1. The summed E-state index contributed by atoms with van der Waals surface area (Å²) >= 11 is 5.88. The maximum Gasteiger partial charge on any atom is 0.317 e. The molecule has 1 aromatic rings. The lowest BCUT2D eigenvalue weighted by Crippen LogP contribution is -2.46. The van der Waals surface area contributed by atoms with Crippen LogP contribution in [0.4, 0.5) is 9.18 Å². The number of hydrogen-bond acceptors (Lipinski definition) is 2. The van der Waals surface area contributed by atoms with Gasteiger partial charge in [-0.1, -0.05) is 17.7 Å². The molecule has 22 heavy (non-hydrogen) atoms. The van der Waals surface area contributed by atoms with Crippen molar-refractivity contribution in [1.82, 2.24) is 15.1 Å². The van der Waals surface area contributed by atoms with Gasteiger partial charge in [0.2, 0.25) is 0 Å². The second-order valence-electron chi connectivity index (χ2n) is 6.04. The van der Waals surface area contributed by atoms with Crippen LogP contribution in [0.1, 0.15) is 31.4 Å². The minimum absolute atomic E-state index is 0.0665. The summed E-state index contributed by atoms with van der Waals surface area (Å²) in [6.45, 7) is 5.55. The smallest absolute Gasteiger partial charge is 0.317 e. The lowest BCUT2D eigenvalue weighted by Gasteiger charge is -2.39. The van der Waals surface area contributed by atoms with Gasteiger partial charge in [-0.3, -0.25) is 4.90 Å². The summed E-state index contributed by atoms with van der Waals surface area (Å²) in [5.74, 6) is -0.378. The van der Waals surface area contributed by atoms with E-state index >= 15 is 0 Å². The number of piperidine rings is 1. The Morgan fingerprint density at radius 1 is 1.32 bits per heavy atom. The van der Waals surface area contributed by atoms with Crippen LogP contribution < -0.4 is 5.32 Å². The van der Waals surface area contributed by atoms with Crippen LogP contribution in [0.15, 0.2) is 18.2 Å². The fourth-order valence-electron chi connectivity index (χ4n) is 3.40. The van der Waals surface area contributed by atoms with E-state index in [2.05, 4.69) is 17.1 Å². The maximum atomic E-state index is 13.3. The normalized spacial score (nSPS) is 22.0. The van der Waals surface area contributed by atoms with Crippen LogP contribution in [0.25, 0.3) is 0 Å². The van der Waals surface area contributed by atoms with Crippen molar-refractivity contribution in [2.24, 2.45) is 0 Å².